The highest BCUT2D eigenvalue weighted by atomic mass is 15.1. The average Bonchev–Trinajstić information content (AvgIpc) is 2.95. The minimum atomic E-state index is 1.14. The van der Waals surface area contributed by atoms with Gasteiger partial charge in [-0.1, -0.05) is 109 Å². The second-order valence-electron chi connectivity index (χ2n) is 8.66. The zero-order valence-corrected chi connectivity index (χ0v) is 19.4. The fraction of sp³-hybridized carbons (Fsp3) is 0. The first kappa shape index (κ1) is 20.9. The molecular formula is C34H25N. The SMILES string of the molecule is c1ccc(-c2cccc3cc(-c4ccc(N(c5ccccc5)c5ccccc5)cc4)ccc23)cc1. The summed E-state index contributed by atoms with van der Waals surface area (Å²) < 4.78 is 0. The number of para-hydroxylation sites is 2. The van der Waals surface area contributed by atoms with Crippen LogP contribution in [0.25, 0.3) is 33.0 Å². The summed E-state index contributed by atoms with van der Waals surface area (Å²) in [5.74, 6) is 0. The molecule has 0 aromatic heterocycles. The normalized spacial score (nSPS) is 10.9. The van der Waals surface area contributed by atoms with E-state index in [4.69, 9.17) is 0 Å². The molecule has 0 spiro atoms. The molecule has 0 bridgehead atoms. The van der Waals surface area contributed by atoms with Gasteiger partial charge in [0.1, 0.15) is 0 Å². The highest BCUT2D eigenvalue weighted by Gasteiger charge is 2.12. The fourth-order valence-corrected chi connectivity index (χ4v) is 4.74. The first-order valence-electron chi connectivity index (χ1n) is 12.0. The molecule has 0 amide bonds. The summed E-state index contributed by atoms with van der Waals surface area (Å²) in [6.45, 7) is 0. The first-order chi connectivity index (χ1) is 17.4. The second-order valence-corrected chi connectivity index (χ2v) is 8.66. The van der Waals surface area contributed by atoms with E-state index >= 15 is 0 Å². The van der Waals surface area contributed by atoms with Crippen molar-refractivity contribution in [2.45, 2.75) is 0 Å². The Morgan fingerprint density at radius 1 is 0.343 bits per heavy atom. The first-order valence-corrected chi connectivity index (χ1v) is 12.0. The molecule has 0 unspecified atom stereocenters. The van der Waals surface area contributed by atoms with E-state index in [9.17, 15) is 0 Å². The Bertz CT molecular complexity index is 1510. The average molecular weight is 448 g/mol. The van der Waals surface area contributed by atoms with Crippen molar-refractivity contribution < 1.29 is 0 Å². The van der Waals surface area contributed by atoms with Gasteiger partial charge in [-0.25, -0.2) is 0 Å². The molecule has 6 aromatic rings. The Kier molecular flexibility index (Phi) is 5.58. The van der Waals surface area contributed by atoms with Gasteiger partial charge in [0.25, 0.3) is 0 Å². The fourth-order valence-electron chi connectivity index (χ4n) is 4.74. The monoisotopic (exact) mass is 447 g/mol. The van der Waals surface area contributed by atoms with E-state index in [1.165, 1.54) is 33.0 Å². The minimum absolute atomic E-state index is 1.14. The number of rotatable bonds is 5. The molecule has 0 N–H and O–H groups in total. The molecule has 0 aliphatic rings. The molecule has 0 aliphatic carbocycles. The Morgan fingerprint density at radius 2 is 0.886 bits per heavy atom. The Labute approximate surface area is 206 Å². The van der Waals surface area contributed by atoms with Crippen LogP contribution >= 0.6 is 0 Å². The van der Waals surface area contributed by atoms with Gasteiger partial charge in [-0.3, -0.25) is 0 Å². The smallest absolute Gasteiger partial charge is 0.0462 e. The van der Waals surface area contributed by atoms with Crippen molar-refractivity contribution >= 4 is 27.8 Å². The van der Waals surface area contributed by atoms with Gasteiger partial charge in [0.2, 0.25) is 0 Å². The molecule has 6 aromatic carbocycles. The van der Waals surface area contributed by atoms with Crippen molar-refractivity contribution in [3.05, 3.63) is 152 Å². The van der Waals surface area contributed by atoms with Crippen molar-refractivity contribution in [2.75, 3.05) is 4.90 Å². The lowest BCUT2D eigenvalue weighted by atomic mass is 9.95. The van der Waals surface area contributed by atoms with E-state index in [0.717, 1.165) is 17.1 Å². The topological polar surface area (TPSA) is 3.24 Å². The summed E-state index contributed by atoms with van der Waals surface area (Å²) in [5.41, 5.74) is 8.38. The summed E-state index contributed by atoms with van der Waals surface area (Å²) in [7, 11) is 0. The van der Waals surface area contributed by atoms with Crippen LogP contribution in [0.1, 0.15) is 0 Å². The van der Waals surface area contributed by atoms with Crippen LogP contribution in [0.5, 0.6) is 0 Å². The van der Waals surface area contributed by atoms with Crippen molar-refractivity contribution in [2.24, 2.45) is 0 Å². The van der Waals surface area contributed by atoms with Crippen LogP contribution in [-0.2, 0) is 0 Å². The van der Waals surface area contributed by atoms with Crippen molar-refractivity contribution in [3.8, 4) is 22.3 Å². The molecule has 1 heteroatoms. The molecule has 0 heterocycles. The maximum atomic E-state index is 2.29. The Hall–Kier alpha value is -4.62. The largest absolute Gasteiger partial charge is 0.311 e. The number of benzene rings is 6. The number of fused-ring (bicyclic) bond motifs is 1. The highest BCUT2D eigenvalue weighted by molar-refractivity contribution is 5.98. The molecule has 166 valence electrons. The summed E-state index contributed by atoms with van der Waals surface area (Å²) >= 11 is 0. The Morgan fingerprint density at radius 3 is 1.51 bits per heavy atom. The third-order valence-corrected chi connectivity index (χ3v) is 6.45. The maximum absolute atomic E-state index is 2.29. The molecule has 0 fully saturated rings. The maximum Gasteiger partial charge on any atom is 0.0462 e. The van der Waals surface area contributed by atoms with Gasteiger partial charge in [-0.15, -0.1) is 0 Å². The molecule has 6 rings (SSSR count). The van der Waals surface area contributed by atoms with Crippen molar-refractivity contribution in [3.63, 3.8) is 0 Å². The standard InChI is InChI=1S/C34H25N/c1-4-11-27(12-5-1)33-18-10-13-29-25-28(21-24-34(29)33)26-19-22-32(23-20-26)35(30-14-6-2-7-15-30)31-16-8-3-9-17-31/h1-25H. The zero-order chi connectivity index (χ0) is 23.5. The minimum Gasteiger partial charge on any atom is -0.311 e. The highest BCUT2D eigenvalue weighted by Crippen LogP contribution is 2.36. The zero-order valence-electron chi connectivity index (χ0n) is 19.4. The van der Waals surface area contributed by atoms with E-state index in [1.807, 2.05) is 0 Å². The van der Waals surface area contributed by atoms with E-state index in [-0.39, 0.29) is 0 Å². The number of anilines is 3. The van der Waals surface area contributed by atoms with Crippen LogP contribution < -0.4 is 4.90 Å². The third kappa shape index (κ3) is 4.20. The summed E-state index contributed by atoms with van der Waals surface area (Å²) in [5, 5.41) is 2.53. The van der Waals surface area contributed by atoms with Gasteiger partial charge >= 0.3 is 0 Å². The lowest BCUT2D eigenvalue weighted by molar-refractivity contribution is 1.28. The molecule has 0 radical (unpaired) electrons. The Balaban J connectivity index is 1.37. The van der Waals surface area contributed by atoms with Gasteiger partial charge < -0.3 is 4.90 Å². The van der Waals surface area contributed by atoms with Gasteiger partial charge in [0.15, 0.2) is 0 Å². The van der Waals surface area contributed by atoms with Gasteiger partial charge in [0.05, 0.1) is 0 Å². The molecule has 0 atom stereocenters. The van der Waals surface area contributed by atoms with E-state index < -0.39 is 0 Å². The van der Waals surface area contributed by atoms with Crippen LogP contribution in [-0.4, -0.2) is 0 Å². The molecule has 0 saturated carbocycles. The molecular weight excluding hydrogens is 422 g/mol. The molecule has 0 saturated heterocycles. The van der Waals surface area contributed by atoms with Crippen LogP contribution in [0.3, 0.4) is 0 Å². The van der Waals surface area contributed by atoms with Crippen LogP contribution in [0.4, 0.5) is 17.1 Å². The van der Waals surface area contributed by atoms with Crippen molar-refractivity contribution in [1.29, 1.82) is 0 Å². The third-order valence-electron chi connectivity index (χ3n) is 6.45. The van der Waals surface area contributed by atoms with E-state index in [0.29, 0.717) is 0 Å². The number of nitrogens with zero attached hydrogens (tertiary/aromatic N) is 1. The molecule has 0 aliphatic heterocycles. The summed E-state index contributed by atoms with van der Waals surface area (Å²) in [6.07, 6.45) is 0. The molecule has 35 heavy (non-hydrogen) atoms. The van der Waals surface area contributed by atoms with Crippen LogP contribution in [0.2, 0.25) is 0 Å². The van der Waals surface area contributed by atoms with Gasteiger partial charge in [0, 0.05) is 17.1 Å². The predicted molar refractivity (Wildman–Crippen MR) is 150 cm³/mol. The van der Waals surface area contributed by atoms with Gasteiger partial charge in [-0.2, -0.15) is 0 Å². The number of hydrogen-bond donors (Lipinski definition) is 0. The van der Waals surface area contributed by atoms with Crippen molar-refractivity contribution in [1.82, 2.24) is 0 Å². The molecule has 1 nitrogen and oxygen atoms in total. The summed E-state index contributed by atoms with van der Waals surface area (Å²) in [4.78, 5) is 2.29. The summed E-state index contributed by atoms with van der Waals surface area (Å²) in [6, 6.07) is 53.8. The van der Waals surface area contributed by atoms with Crippen LogP contribution in [0, 0.1) is 0 Å². The quantitative estimate of drug-likeness (QED) is 0.254. The van der Waals surface area contributed by atoms with Crippen LogP contribution in [0.15, 0.2) is 152 Å². The lowest BCUT2D eigenvalue weighted by Crippen LogP contribution is -2.09. The number of hydrogen-bond acceptors (Lipinski definition) is 1. The van der Waals surface area contributed by atoms with Gasteiger partial charge in [-0.05, 0) is 75.5 Å². The van der Waals surface area contributed by atoms with E-state index in [1.54, 1.807) is 0 Å². The lowest BCUT2D eigenvalue weighted by Gasteiger charge is -2.25. The predicted octanol–water partition coefficient (Wildman–Crippen LogP) is 9.64. The second kappa shape index (κ2) is 9.32. The van der Waals surface area contributed by atoms with E-state index in [2.05, 4.69) is 157 Å².